The van der Waals surface area contributed by atoms with Crippen LogP contribution in [-0.4, -0.2) is 24.4 Å². The zero-order valence-corrected chi connectivity index (χ0v) is 12.4. The average Bonchev–Trinajstić information content (AvgIpc) is 2.35. The second kappa shape index (κ2) is 5.99. The number of hydrogen-bond acceptors (Lipinski definition) is 4. The van der Waals surface area contributed by atoms with E-state index in [1.807, 2.05) is 39.0 Å². The normalized spacial score (nSPS) is 17.3. The molecular formula is C14H22ClNO3. The van der Waals surface area contributed by atoms with Crippen LogP contribution in [0.2, 0.25) is 0 Å². The predicted octanol–water partition coefficient (Wildman–Crippen LogP) is 2.29. The van der Waals surface area contributed by atoms with Gasteiger partial charge in [-0.15, -0.1) is 12.4 Å². The van der Waals surface area contributed by atoms with Crippen LogP contribution in [0.1, 0.15) is 32.4 Å². The first-order chi connectivity index (χ1) is 8.39. The van der Waals surface area contributed by atoms with Gasteiger partial charge in [-0.2, -0.15) is 0 Å². The van der Waals surface area contributed by atoms with E-state index in [1.54, 1.807) is 0 Å². The first kappa shape index (κ1) is 16.1. The Morgan fingerprint density at radius 3 is 2.32 bits per heavy atom. The molecule has 0 unspecified atom stereocenters. The highest BCUT2D eigenvalue weighted by Crippen LogP contribution is 2.35. The van der Waals surface area contributed by atoms with Gasteiger partial charge in [0.05, 0.1) is 12.1 Å². The molecule has 4 nitrogen and oxygen atoms in total. The summed E-state index contributed by atoms with van der Waals surface area (Å²) in [5.74, 6) is 1.44. The zero-order chi connectivity index (χ0) is 13.3. The third-order valence-corrected chi connectivity index (χ3v) is 3.18. The maximum absolute atomic E-state index is 10.2. The Morgan fingerprint density at radius 1 is 1.16 bits per heavy atom. The van der Waals surface area contributed by atoms with Crippen molar-refractivity contribution in [1.29, 1.82) is 0 Å². The van der Waals surface area contributed by atoms with E-state index in [-0.39, 0.29) is 17.8 Å². The Labute approximate surface area is 120 Å². The maximum atomic E-state index is 10.2. The molecule has 0 aliphatic carbocycles. The first-order valence-corrected chi connectivity index (χ1v) is 6.23. The standard InChI is InChI=1S/C14H21NO3.ClH/c1-14(2,3)13(16)12(15)9-4-5-10-11(8-9)18-7-6-17-10;/h4-5,8,12-13,16H,6-7,15H2,1-3H3;1H/t12-,13-;/m1./s1. The Hall–Kier alpha value is -0.970. The third kappa shape index (κ3) is 3.53. The van der Waals surface area contributed by atoms with Crippen LogP contribution in [-0.2, 0) is 0 Å². The summed E-state index contributed by atoms with van der Waals surface area (Å²) in [5, 5.41) is 10.2. The Kier molecular flexibility index (Phi) is 5.07. The molecule has 19 heavy (non-hydrogen) atoms. The smallest absolute Gasteiger partial charge is 0.161 e. The molecule has 2 rings (SSSR count). The SMILES string of the molecule is CC(C)(C)[C@H](O)[C@H](N)c1ccc2c(c1)OCCO2.Cl. The van der Waals surface area contributed by atoms with Crippen molar-refractivity contribution in [2.75, 3.05) is 13.2 Å². The molecule has 108 valence electrons. The van der Waals surface area contributed by atoms with Crippen LogP contribution in [0.5, 0.6) is 11.5 Å². The van der Waals surface area contributed by atoms with Gasteiger partial charge in [-0.05, 0) is 23.1 Å². The molecule has 0 aromatic heterocycles. The molecule has 0 spiro atoms. The van der Waals surface area contributed by atoms with Crippen LogP contribution < -0.4 is 15.2 Å². The zero-order valence-electron chi connectivity index (χ0n) is 11.6. The molecule has 0 fully saturated rings. The number of fused-ring (bicyclic) bond motifs is 1. The first-order valence-electron chi connectivity index (χ1n) is 6.23. The van der Waals surface area contributed by atoms with Crippen LogP contribution >= 0.6 is 12.4 Å². The minimum Gasteiger partial charge on any atom is -0.486 e. The van der Waals surface area contributed by atoms with E-state index in [9.17, 15) is 5.11 Å². The van der Waals surface area contributed by atoms with Gasteiger partial charge < -0.3 is 20.3 Å². The lowest BCUT2D eigenvalue weighted by atomic mass is 9.82. The number of hydrogen-bond donors (Lipinski definition) is 2. The van der Waals surface area contributed by atoms with Gasteiger partial charge in [-0.1, -0.05) is 26.8 Å². The number of ether oxygens (including phenoxy) is 2. The highest BCUT2D eigenvalue weighted by atomic mass is 35.5. The van der Waals surface area contributed by atoms with Crippen LogP contribution in [0.4, 0.5) is 0 Å². The van der Waals surface area contributed by atoms with Crippen molar-refractivity contribution in [1.82, 2.24) is 0 Å². The van der Waals surface area contributed by atoms with Gasteiger partial charge in [0, 0.05) is 0 Å². The highest BCUT2D eigenvalue weighted by Gasteiger charge is 2.29. The molecule has 1 aliphatic rings. The van der Waals surface area contributed by atoms with E-state index in [4.69, 9.17) is 15.2 Å². The Morgan fingerprint density at radius 2 is 1.74 bits per heavy atom. The third-order valence-electron chi connectivity index (χ3n) is 3.18. The van der Waals surface area contributed by atoms with Gasteiger partial charge in [0.25, 0.3) is 0 Å². The number of benzene rings is 1. The van der Waals surface area contributed by atoms with Crippen LogP contribution in [0.15, 0.2) is 18.2 Å². The lowest BCUT2D eigenvalue weighted by molar-refractivity contribution is 0.0399. The van der Waals surface area contributed by atoms with Gasteiger partial charge >= 0.3 is 0 Å². The molecule has 0 saturated carbocycles. The van der Waals surface area contributed by atoms with E-state index in [0.717, 1.165) is 11.3 Å². The van der Waals surface area contributed by atoms with Crippen molar-refractivity contribution in [3.63, 3.8) is 0 Å². The molecule has 1 aliphatic heterocycles. The molecule has 1 aromatic carbocycles. The molecule has 0 bridgehead atoms. The van der Waals surface area contributed by atoms with Gasteiger partial charge in [-0.25, -0.2) is 0 Å². The Balaban J connectivity index is 0.00000180. The molecule has 3 N–H and O–H groups in total. The number of rotatable bonds is 2. The maximum Gasteiger partial charge on any atom is 0.161 e. The molecule has 1 heterocycles. The Bertz CT molecular complexity index is 431. The van der Waals surface area contributed by atoms with Gasteiger partial charge in [0.15, 0.2) is 11.5 Å². The van der Waals surface area contributed by atoms with Gasteiger partial charge in [0.1, 0.15) is 13.2 Å². The summed E-state index contributed by atoms with van der Waals surface area (Å²) in [6, 6.07) is 5.15. The summed E-state index contributed by atoms with van der Waals surface area (Å²) in [5.41, 5.74) is 6.72. The predicted molar refractivity (Wildman–Crippen MR) is 77.1 cm³/mol. The van der Waals surface area contributed by atoms with E-state index in [1.165, 1.54) is 0 Å². The molecule has 0 saturated heterocycles. The lowest BCUT2D eigenvalue weighted by Gasteiger charge is -2.31. The molecular weight excluding hydrogens is 266 g/mol. The summed E-state index contributed by atoms with van der Waals surface area (Å²) < 4.78 is 11.0. The van der Waals surface area contributed by atoms with Crippen molar-refractivity contribution >= 4 is 12.4 Å². The monoisotopic (exact) mass is 287 g/mol. The summed E-state index contributed by atoms with van der Waals surface area (Å²) in [7, 11) is 0. The second-order valence-corrected chi connectivity index (χ2v) is 5.74. The molecule has 5 heteroatoms. The summed E-state index contributed by atoms with van der Waals surface area (Å²) in [6.45, 7) is 7.02. The topological polar surface area (TPSA) is 64.7 Å². The number of aliphatic hydroxyl groups excluding tert-OH is 1. The van der Waals surface area contributed by atoms with E-state index >= 15 is 0 Å². The summed E-state index contributed by atoms with van der Waals surface area (Å²) in [4.78, 5) is 0. The fourth-order valence-electron chi connectivity index (χ4n) is 1.99. The van der Waals surface area contributed by atoms with Crippen molar-refractivity contribution < 1.29 is 14.6 Å². The van der Waals surface area contributed by atoms with Crippen molar-refractivity contribution in [3.05, 3.63) is 23.8 Å². The largest absolute Gasteiger partial charge is 0.486 e. The van der Waals surface area contributed by atoms with E-state index in [0.29, 0.717) is 19.0 Å². The fraction of sp³-hybridized carbons (Fsp3) is 0.571. The number of halogens is 1. The quantitative estimate of drug-likeness (QED) is 0.876. The van der Waals surface area contributed by atoms with Gasteiger partial charge in [0.2, 0.25) is 0 Å². The van der Waals surface area contributed by atoms with E-state index in [2.05, 4.69) is 0 Å². The van der Waals surface area contributed by atoms with Crippen LogP contribution in [0, 0.1) is 5.41 Å². The summed E-state index contributed by atoms with van der Waals surface area (Å²) >= 11 is 0. The molecule has 2 atom stereocenters. The van der Waals surface area contributed by atoms with Crippen molar-refractivity contribution in [2.45, 2.75) is 32.9 Å². The van der Waals surface area contributed by atoms with Gasteiger partial charge in [-0.3, -0.25) is 0 Å². The average molecular weight is 288 g/mol. The van der Waals surface area contributed by atoms with Crippen molar-refractivity contribution in [3.8, 4) is 11.5 Å². The molecule has 1 aromatic rings. The molecule has 0 radical (unpaired) electrons. The van der Waals surface area contributed by atoms with Crippen LogP contribution in [0.25, 0.3) is 0 Å². The molecule has 0 amide bonds. The number of nitrogens with two attached hydrogens (primary N) is 1. The number of aliphatic hydroxyl groups is 1. The highest BCUT2D eigenvalue weighted by molar-refractivity contribution is 5.85. The summed E-state index contributed by atoms with van der Waals surface area (Å²) in [6.07, 6.45) is -0.611. The minimum atomic E-state index is -0.611. The van der Waals surface area contributed by atoms with Crippen molar-refractivity contribution in [2.24, 2.45) is 11.1 Å². The minimum absolute atomic E-state index is 0. The van der Waals surface area contributed by atoms with E-state index < -0.39 is 12.1 Å². The second-order valence-electron chi connectivity index (χ2n) is 5.74. The fourth-order valence-corrected chi connectivity index (χ4v) is 1.99. The lowest BCUT2D eigenvalue weighted by Crippen LogP contribution is -2.37. The van der Waals surface area contributed by atoms with Crippen LogP contribution in [0.3, 0.4) is 0 Å².